The van der Waals surface area contributed by atoms with Gasteiger partial charge in [-0.05, 0) is 32.1 Å². The van der Waals surface area contributed by atoms with Gasteiger partial charge in [0, 0.05) is 12.6 Å². The molecule has 2 heteroatoms. The number of rotatable bonds is 3. The van der Waals surface area contributed by atoms with Crippen molar-refractivity contribution in [2.24, 2.45) is 5.73 Å². The average Bonchev–Trinajstić information content (AvgIpc) is 2.03. The van der Waals surface area contributed by atoms with Crippen molar-refractivity contribution in [1.82, 2.24) is 4.90 Å². The third kappa shape index (κ3) is 3.17. The van der Waals surface area contributed by atoms with E-state index >= 15 is 0 Å². The van der Waals surface area contributed by atoms with E-state index in [0.717, 1.165) is 6.54 Å². The molecule has 0 aliphatic carbocycles. The Kier molecular flexibility index (Phi) is 3.46. The highest BCUT2D eigenvalue weighted by molar-refractivity contribution is 5.25. The fraction of sp³-hybridized carbons (Fsp3) is 0.455. The minimum Gasteiger partial charge on any atom is -0.324 e. The predicted octanol–water partition coefficient (Wildman–Crippen LogP) is 1.77. The van der Waals surface area contributed by atoms with Crippen molar-refractivity contribution >= 4 is 0 Å². The summed E-state index contributed by atoms with van der Waals surface area (Å²) >= 11 is 0. The second kappa shape index (κ2) is 4.40. The van der Waals surface area contributed by atoms with Crippen LogP contribution in [0.4, 0.5) is 0 Å². The lowest BCUT2D eigenvalue weighted by atomic mass is 10.1. The fourth-order valence-corrected chi connectivity index (χ4v) is 1.34. The van der Waals surface area contributed by atoms with Gasteiger partial charge in [-0.1, -0.05) is 24.3 Å². The molecular weight excluding hydrogens is 160 g/mol. The first-order chi connectivity index (χ1) is 6.09. The quantitative estimate of drug-likeness (QED) is 0.764. The van der Waals surface area contributed by atoms with E-state index in [4.69, 9.17) is 5.73 Å². The van der Waals surface area contributed by atoms with Crippen LogP contribution in [0.3, 0.4) is 0 Å². The van der Waals surface area contributed by atoms with Crippen LogP contribution in [0.1, 0.15) is 24.1 Å². The van der Waals surface area contributed by atoms with E-state index in [9.17, 15) is 0 Å². The molecule has 0 saturated heterocycles. The Bertz CT molecular complexity index is 267. The van der Waals surface area contributed by atoms with Crippen molar-refractivity contribution in [1.29, 1.82) is 0 Å². The van der Waals surface area contributed by atoms with E-state index in [-0.39, 0.29) is 6.04 Å². The molecule has 2 N–H and O–H groups in total. The van der Waals surface area contributed by atoms with Crippen LogP contribution in [0.2, 0.25) is 0 Å². The Balaban J connectivity index is 2.79. The molecule has 0 heterocycles. The van der Waals surface area contributed by atoms with Gasteiger partial charge in [-0.25, -0.2) is 0 Å². The molecule has 0 amide bonds. The van der Waals surface area contributed by atoms with E-state index in [1.54, 1.807) is 0 Å². The van der Waals surface area contributed by atoms with Crippen LogP contribution >= 0.6 is 0 Å². The standard InChI is InChI=1S/C11H18N2/c1-9(12)11-6-4-5-10(7-11)8-13(2)3/h4-7,9H,8,12H2,1-3H3/t9-/m0/s1. The summed E-state index contributed by atoms with van der Waals surface area (Å²) < 4.78 is 0. The van der Waals surface area contributed by atoms with Gasteiger partial charge in [0.2, 0.25) is 0 Å². The highest BCUT2D eigenvalue weighted by Crippen LogP contribution is 2.12. The molecule has 0 spiro atoms. The molecule has 13 heavy (non-hydrogen) atoms. The molecule has 1 aromatic rings. The molecule has 2 nitrogen and oxygen atoms in total. The molecule has 0 radical (unpaired) electrons. The third-order valence-electron chi connectivity index (χ3n) is 1.98. The first-order valence-electron chi connectivity index (χ1n) is 4.58. The summed E-state index contributed by atoms with van der Waals surface area (Å²) in [5.74, 6) is 0. The van der Waals surface area contributed by atoms with Crippen LogP contribution in [0.15, 0.2) is 24.3 Å². The summed E-state index contributed by atoms with van der Waals surface area (Å²) in [7, 11) is 4.14. The van der Waals surface area contributed by atoms with Gasteiger partial charge in [-0.2, -0.15) is 0 Å². The molecule has 72 valence electrons. The van der Waals surface area contributed by atoms with Crippen LogP contribution in [-0.4, -0.2) is 19.0 Å². The zero-order chi connectivity index (χ0) is 9.84. The lowest BCUT2D eigenvalue weighted by Gasteiger charge is -2.12. The molecule has 0 unspecified atom stereocenters. The second-order valence-corrected chi connectivity index (χ2v) is 3.77. The zero-order valence-electron chi connectivity index (χ0n) is 8.62. The largest absolute Gasteiger partial charge is 0.324 e. The zero-order valence-corrected chi connectivity index (χ0v) is 8.62. The van der Waals surface area contributed by atoms with E-state index < -0.39 is 0 Å². The Morgan fingerprint density at radius 3 is 2.62 bits per heavy atom. The lowest BCUT2D eigenvalue weighted by Crippen LogP contribution is -2.11. The number of hydrogen-bond donors (Lipinski definition) is 1. The summed E-state index contributed by atoms with van der Waals surface area (Å²) in [6, 6.07) is 8.57. The Hall–Kier alpha value is -0.860. The van der Waals surface area contributed by atoms with Gasteiger partial charge in [0.05, 0.1) is 0 Å². The molecule has 0 saturated carbocycles. The molecule has 1 atom stereocenters. The molecule has 1 aromatic carbocycles. The van der Waals surface area contributed by atoms with E-state index in [0.29, 0.717) is 0 Å². The summed E-state index contributed by atoms with van der Waals surface area (Å²) in [6.07, 6.45) is 0. The summed E-state index contributed by atoms with van der Waals surface area (Å²) in [5, 5.41) is 0. The first-order valence-corrected chi connectivity index (χ1v) is 4.58. The van der Waals surface area contributed by atoms with Gasteiger partial charge in [0.25, 0.3) is 0 Å². The van der Waals surface area contributed by atoms with E-state index in [2.05, 4.69) is 43.3 Å². The van der Waals surface area contributed by atoms with E-state index in [1.165, 1.54) is 11.1 Å². The molecule has 0 aliphatic heterocycles. The van der Waals surface area contributed by atoms with Crippen LogP contribution < -0.4 is 5.73 Å². The Morgan fingerprint density at radius 2 is 2.08 bits per heavy atom. The van der Waals surface area contributed by atoms with E-state index in [1.807, 2.05) is 6.92 Å². The number of benzene rings is 1. The van der Waals surface area contributed by atoms with Crippen LogP contribution in [0.25, 0.3) is 0 Å². The molecule has 1 rings (SSSR count). The summed E-state index contributed by atoms with van der Waals surface area (Å²) in [5.41, 5.74) is 8.33. The summed E-state index contributed by atoms with van der Waals surface area (Å²) in [4.78, 5) is 2.15. The van der Waals surface area contributed by atoms with Crippen LogP contribution in [0.5, 0.6) is 0 Å². The van der Waals surface area contributed by atoms with Crippen molar-refractivity contribution in [3.05, 3.63) is 35.4 Å². The number of nitrogens with zero attached hydrogens (tertiary/aromatic N) is 1. The third-order valence-corrected chi connectivity index (χ3v) is 1.98. The molecule has 0 fully saturated rings. The monoisotopic (exact) mass is 178 g/mol. The molecule has 0 aromatic heterocycles. The van der Waals surface area contributed by atoms with Crippen molar-refractivity contribution in [3.63, 3.8) is 0 Å². The highest BCUT2D eigenvalue weighted by atomic mass is 15.0. The maximum Gasteiger partial charge on any atom is 0.0266 e. The van der Waals surface area contributed by atoms with Gasteiger partial charge in [0.15, 0.2) is 0 Å². The number of nitrogens with two attached hydrogens (primary N) is 1. The van der Waals surface area contributed by atoms with Gasteiger partial charge < -0.3 is 10.6 Å². The van der Waals surface area contributed by atoms with Gasteiger partial charge in [0.1, 0.15) is 0 Å². The van der Waals surface area contributed by atoms with Gasteiger partial charge in [-0.15, -0.1) is 0 Å². The normalized spacial score (nSPS) is 13.3. The average molecular weight is 178 g/mol. The molecule has 0 bridgehead atoms. The minimum atomic E-state index is 0.127. The minimum absolute atomic E-state index is 0.127. The lowest BCUT2D eigenvalue weighted by molar-refractivity contribution is 0.402. The van der Waals surface area contributed by atoms with Crippen molar-refractivity contribution in [2.45, 2.75) is 19.5 Å². The smallest absolute Gasteiger partial charge is 0.0266 e. The van der Waals surface area contributed by atoms with Crippen molar-refractivity contribution < 1.29 is 0 Å². The number of hydrogen-bond acceptors (Lipinski definition) is 2. The van der Waals surface area contributed by atoms with Crippen LogP contribution in [-0.2, 0) is 6.54 Å². The Morgan fingerprint density at radius 1 is 1.38 bits per heavy atom. The predicted molar refractivity (Wildman–Crippen MR) is 56.4 cm³/mol. The SMILES string of the molecule is C[C@H](N)c1cccc(CN(C)C)c1. The molecular formula is C11H18N2. The maximum absolute atomic E-state index is 5.80. The van der Waals surface area contributed by atoms with Crippen molar-refractivity contribution in [3.8, 4) is 0 Å². The highest BCUT2D eigenvalue weighted by Gasteiger charge is 2.00. The Labute approximate surface area is 80.4 Å². The fourth-order valence-electron chi connectivity index (χ4n) is 1.34. The molecule has 0 aliphatic rings. The van der Waals surface area contributed by atoms with Crippen molar-refractivity contribution in [2.75, 3.05) is 14.1 Å². The van der Waals surface area contributed by atoms with Gasteiger partial charge >= 0.3 is 0 Å². The first kappa shape index (κ1) is 10.2. The summed E-state index contributed by atoms with van der Waals surface area (Å²) in [6.45, 7) is 2.98. The maximum atomic E-state index is 5.80. The second-order valence-electron chi connectivity index (χ2n) is 3.77. The topological polar surface area (TPSA) is 29.3 Å². The van der Waals surface area contributed by atoms with Gasteiger partial charge in [-0.3, -0.25) is 0 Å². The van der Waals surface area contributed by atoms with Crippen LogP contribution in [0, 0.1) is 0 Å².